The number of nitrogens with one attached hydrogen (secondary N) is 2. The number of carbonyl (C=O) groups excluding carboxylic acids is 1. The van der Waals surface area contributed by atoms with Crippen molar-refractivity contribution in [1.82, 2.24) is 25.4 Å². The van der Waals surface area contributed by atoms with Gasteiger partial charge in [-0.25, -0.2) is 0 Å². The van der Waals surface area contributed by atoms with Crippen LogP contribution < -0.4 is 67.4 Å². The van der Waals surface area contributed by atoms with Crippen molar-refractivity contribution in [2.24, 2.45) is 12.0 Å². The van der Waals surface area contributed by atoms with Crippen molar-refractivity contribution >= 4 is 14.5 Å². The van der Waals surface area contributed by atoms with E-state index in [2.05, 4.69) is 37.7 Å². The maximum atomic E-state index is 12.4. The second-order valence-electron chi connectivity index (χ2n) is 6.54. The van der Waals surface area contributed by atoms with Gasteiger partial charge in [-0.1, -0.05) is 32.1 Å². The molecular weight excluding hydrogens is 410 g/mol. The molecule has 9 heteroatoms. The summed E-state index contributed by atoms with van der Waals surface area (Å²) in [6.07, 6.45) is 14.3. The Hall–Kier alpha value is -1.28. The molecule has 3 heterocycles. The third-order valence-electron chi connectivity index (χ3n) is 4.08. The third-order valence-corrected chi connectivity index (χ3v) is 5.21. The van der Waals surface area contributed by atoms with Crippen LogP contribution in [0.25, 0.3) is 0 Å². The Balaban J connectivity index is 0.00000300. The van der Waals surface area contributed by atoms with Crippen LogP contribution in [0, 0.1) is 13.1 Å². The number of carbonyl (C=O) groups is 1. The molecule has 0 aliphatic carbocycles. The number of nitrogens with zero attached hydrogens (tertiary/aromatic N) is 4. The van der Waals surface area contributed by atoms with Crippen molar-refractivity contribution in [3.63, 3.8) is 0 Å². The molecule has 0 fully saturated rings. The van der Waals surface area contributed by atoms with Gasteiger partial charge >= 0.3 is 51.4 Å². The first kappa shape index (κ1) is 24.0. The summed E-state index contributed by atoms with van der Waals surface area (Å²) in [7, 11) is 2.47. The predicted octanol–water partition coefficient (Wildman–Crippen LogP) is -1.11. The van der Waals surface area contributed by atoms with Crippen LogP contribution in [-0.2, 0) is 7.05 Å². The van der Waals surface area contributed by atoms with Crippen LogP contribution in [0.5, 0.6) is 0 Å². The molecule has 0 radical (unpaired) electrons. The topological polar surface area (TPSA) is 84.2 Å². The number of hydrogen-bond acceptors (Lipinski definition) is 5. The van der Waals surface area contributed by atoms with E-state index in [0.717, 1.165) is 28.4 Å². The van der Waals surface area contributed by atoms with E-state index >= 15 is 0 Å². The SMILES string of the molecule is Cc1cncc(C(=O)NC2=CC(C(C)N[C-]=CN=c3cnn(C)[cH-]3)=CPC2)c1.[K+]. The van der Waals surface area contributed by atoms with E-state index in [1.165, 1.54) is 0 Å². The molecule has 1 aliphatic heterocycles. The molecule has 0 aromatic carbocycles. The average Bonchev–Trinajstić information content (AvgIpc) is 3.10. The Bertz CT molecular complexity index is 1000. The zero-order chi connectivity index (χ0) is 19.9. The number of amides is 1. The molecule has 2 aromatic rings. The first-order valence-corrected chi connectivity index (χ1v) is 10.2. The van der Waals surface area contributed by atoms with Crippen LogP contribution in [0.15, 0.2) is 65.2 Å². The molecule has 2 N–H and O–H groups in total. The van der Waals surface area contributed by atoms with E-state index in [1.54, 1.807) is 29.5 Å². The van der Waals surface area contributed by atoms with Crippen molar-refractivity contribution < 1.29 is 56.2 Å². The van der Waals surface area contributed by atoms with Crippen LogP contribution in [0.4, 0.5) is 0 Å². The third kappa shape index (κ3) is 7.48. The smallest absolute Gasteiger partial charge is 0.560 e. The van der Waals surface area contributed by atoms with Gasteiger partial charge in [-0.15, -0.1) is 6.20 Å². The van der Waals surface area contributed by atoms with Crippen LogP contribution in [-0.4, -0.2) is 32.9 Å². The van der Waals surface area contributed by atoms with Gasteiger partial charge < -0.3 is 26.5 Å². The Morgan fingerprint density at radius 3 is 3.00 bits per heavy atom. The van der Waals surface area contributed by atoms with Crippen molar-refractivity contribution in [1.29, 1.82) is 0 Å². The molecule has 1 aliphatic rings. The number of allylic oxidation sites excluding steroid dienone is 1. The van der Waals surface area contributed by atoms with Gasteiger partial charge in [0.15, 0.2) is 0 Å². The van der Waals surface area contributed by atoms with Gasteiger partial charge in [0.05, 0.1) is 5.56 Å². The van der Waals surface area contributed by atoms with Crippen molar-refractivity contribution in [2.45, 2.75) is 19.9 Å². The summed E-state index contributed by atoms with van der Waals surface area (Å²) in [4.78, 5) is 20.8. The summed E-state index contributed by atoms with van der Waals surface area (Å²) in [5.41, 5.74) is 3.56. The molecule has 3 rings (SSSR count). The molecule has 146 valence electrons. The molecule has 0 saturated carbocycles. The van der Waals surface area contributed by atoms with Gasteiger partial charge in [0.25, 0.3) is 5.91 Å². The minimum atomic E-state index is -0.129. The Kier molecular flexibility index (Phi) is 9.75. The molecule has 29 heavy (non-hydrogen) atoms. The second kappa shape index (κ2) is 11.8. The number of aromatic nitrogens is 3. The summed E-state index contributed by atoms with van der Waals surface area (Å²) in [5.74, 6) is 2.07. The Morgan fingerprint density at radius 1 is 1.45 bits per heavy atom. The number of hydrogen-bond donors (Lipinski definition) is 2. The van der Waals surface area contributed by atoms with Crippen molar-refractivity contribution in [3.8, 4) is 0 Å². The monoisotopic (exact) mass is 433 g/mol. The summed E-state index contributed by atoms with van der Waals surface area (Å²) in [6.45, 7) is 3.97. The Morgan fingerprint density at radius 2 is 2.28 bits per heavy atom. The van der Waals surface area contributed by atoms with Crippen LogP contribution in [0.2, 0.25) is 0 Å². The first-order valence-electron chi connectivity index (χ1n) is 8.90. The van der Waals surface area contributed by atoms with Gasteiger partial charge in [0.1, 0.15) is 0 Å². The second-order valence-corrected chi connectivity index (χ2v) is 7.59. The maximum Gasteiger partial charge on any atom is 1.00 e. The van der Waals surface area contributed by atoms with Crippen LogP contribution >= 0.6 is 8.58 Å². The largest absolute Gasteiger partial charge is 1.00 e. The fraction of sp³-hybridized carbons (Fsp3) is 0.250. The number of aryl methyl sites for hydroxylation is 2. The van der Waals surface area contributed by atoms with Crippen LogP contribution in [0.3, 0.4) is 0 Å². The average molecular weight is 434 g/mol. The van der Waals surface area contributed by atoms with Gasteiger partial charge in [-0.05, 0) is 37.1 Å². The minimum absolute atomic E-state index is 0. The molecule has 1 amide bonds. The quantitative estimate of drug-likeness (QED) is 0.262. The van der Waals surface area contributed by atoms with Gasteiger partial charge in [0.2, 0.25) is 0 Å². The van der Waals surface area contributed by atoms with E-state index in [4.69, 9.17) is 0 Å². The van der Waals surface area contributed by atoms with Crippen molar-refractivity contribution in [3.05, 3.63) is 82.9 Å². The van der Waals surface area contributed by atoms with Gasteiger partial charge in [-0.2, -0.15) is 0 Å². The summed E-state index contributed by atoms with van der Waals surface area (Å²) >= 11 is 0. The maximum absolute atomic E-state index is 12.4. The van der Waals surface area contributed by atoms with E-state index in [-0.39, 0.29) is 63.3 Å². The molecule has 2 atom stereocenters. The summed E-state index contributed by atoms with van der Waals surface area (Å²) in [5, 5.41) is 11.0. The molecule has 0 saturated heterocycles. The fourth-order valence-electron chi connectivity index (χ4n) is 2.63. The molecule has 7 nitrogen and oxygen atoms in total. The van der Waals surface area contributed by atoms with Gasteiger partial charge in [0, 0.05) is 37.3 Å². The molecule has 0 bridgehead atoms. The molecule has 0 spiro atoms. The van der Waals surface area contributed by atoms with E-state index < -0.39 is 0 Å². The number of pyridine rings is 1. The van der Waals surface area contributed by atoms with Crippen LogP contribution in [0.1, 0.15) is 22.8 Å². The standard InChI is InChI=1S/C20H23N6OP.K/c1-14-6-16(9-21-8-14)20(27)25-18-7-17(12-28-13-18)15(2)22-4-5-23-19-10-24-26(3)11-19;/h5-12,15,22,28H,13H2,1-3H3,(H,25,27);/q-2;+1. The summed E-state index contributed by atoms with van der Waals surface area (Å²) < 4.78 is 1.70. The Labute approximate surface area is 215 Å². The van der Waals surface area contributed by atoms with E-state index in [1.807, 2.05) is 39.2 Å². The molecule has 2 aromatic heterocycles. The van der Waals surface area contributed by atoms with Gasteiger partial charge in [-0.3, -0.25) is 14.9 Å². The molecular formula is C20H23KN6OP-. The predicted molar refractivity (Wildman–Crippen MR) is 111 cm³/mol. The minimum Gasteiger partial charge on any atom is -0.560 e. The van der Waals surface area contributed by atoms with E-state index in [9.17, 15) is 4.79 Å². The first-order chi connectivity index (χ1) is 13.5. The summed E-state index contributed by atoms with van der Waals surface area (Å²) in [6, 6.07) is 1.89. The zero-order valence-corrected chi connectivity index (χ0v) is 21.2. The zero-order valence-electron chi connectivity index (χ0n) is 17.1. The number of rotatable bonds is 6. The van der Waals surface area contributed by atoms with Crippen molar-refractivity contribution in [2.75, 3.05) is 6.16 Å². The normalized spacial score (nSPS) is 16.2. The van der Waals surface area contributed by atoms with E-state index in [0.29, 0.717) is 14.1 Å². The fourth-order valence-corrected chi connectivity index (χ4v) is 3.71. The molecule has 2 unspecified atom stereocenters.